The third kappa shape index (κ3) is 3.83. The molecule has 1 heterocycles. The van der Waals surface area contributed by atoms with Crippen molar-refractivity contribution < 1.29 is 0 Å². The molecule has 1 aliphatic heterocycles. The second-order valence-electron chi connectivity index (χ2n) is 6.40. The molecule has 0 bridgehead atoms. The van der Waals surface area contributed by atoms with Gasteiger partial charge in [-0.3, -0.25) is 4.90 Å². The van der Waals surface area contributed by atoms with Gasteiger partial charge in [0.2, 0.25) is 0 Å². The van der Waals surface area contributed by atoms with Crippen LogP contribution in [-0.2, 0) is 6.42 Å². The maximum Gasteiger partial charge on any atom is 0.0304 e. The zero-order valence-corrected chi connectivity index (χ0v) is 13.4. The van der Waals surface area contributed by atoms with Crippen molar-refractivity contribution >= 4 is 0 Å². The fourth-order valence-corrected chi connectivity index (χ4v) is 3.19. The van der Waals surface area contributed by atoms with Crippen molar-refractivity contribution in [1.82, 2.24) is 10.2 Å². The Morgan fingerprint density at radius 3 is 2.65 bits per heavy atom. The molecule has 1 N–H and O–H groups in total. The molecule has 0 spiro atoms. The second-order valence-corrected chi connectivity index (χ2v) is 6.40. The molecule has 1 aromatic rings. The highest BCUT2D eigenvalue weighted by Gasteiger charge is 2.35. The Morgan fingerprint density at radius 2 is 2.00 bits per heavy atom. The lowest BCUT2D eigenvalue weighted by Crippen LogP contribution is -2.63. The van der Waals surface area contributed by atoms with Crippen LogP contribution in [0.1, 0.15) is 45.6 Å². The number of hydrogen-bond donors (Lipinski definition) is 1. The van der Waals surface area contributed by atoms with E-state index in [1.165, 1.54) is 37.9 Å². The first-order valence-electron chi connectivity index (χ1n) is 8.20. The van der Waals surface area contributed by atoms with Crippen LogP contribution in [0.4, 0.5) is 0 Å². The van der Waals surface area contributed by atoms with E-state index in [4.69, 9.17) is 0 Å². The van der Waals surface area contributed by atoms with Gasteiger partial charge in [-0.1, -0.05) is 50.6 Å². The normalized spacial score (nSPS) is 27.6. The Bertz CT molecular complexity index is 390. The van der Waals surface area contributed by atoms with Crippen molar-refractivity contribution in [2.75, 3.05) is 19.6 Å². The first-order chi connectivity index (χ1) is 9.68. The molecule has 2 rings (SSSR count). The number of nitrogens with one attached hydrogen (secondary N) is 1. The fourth-order valence-electron chi connectivity index (χ4n) is 3.19. The van der Waals surface area contributed by atoms with E-state index < -0.39 is 0 Å². The Labute approximate surface area is 124 Å². The Morgan fingerprint density at radius 1 is 1.25 bits per heavy atom. The second kappa shape index (κ2) is 7.24. The minimum absolute atomic E-state index is 0.318. The van der Waals surface area contributed by atoms with Crippen LogP contribution in [0.5, 0.6) is 0 Å². The lowest BCUT2D eigenvalue weighted by Gasteiger charge is -2.48. The maximum atomic E-state index is 3.75. The molecule has 2 nitrogen and oxygen atoms in total. The third-order valence-electron chi connectivity index (χ3n) is 4.89. The van der Waals surface area contributed by atoms with Crippen LogP contribution >= 0.6 is 0 Å². The average Bonchev–Trinajstić information content (AvgIpc) is 2.49. The SMILES string of the molecule is CCCC1CN(CCc2ccccc2)C(C)(CC)CN1. The summed E-state index contributed by atoms with van der Waals surface area (Å²) in [6.45, 7) is 10.5. The summed E-state index contributed by atoms with van der Waals surface area (Å²) in [5, 5.41) is 3.75. The van der Waals surface area contributed by atoms with E-state index in [9.17, 15) is 0 Å². The lowest BCUT2D eigenvalue weighted by atomic mass is 9.90. The smallest absolute Gasteiger partial charge is 0.0304 e. The lowest BCUT2D eigenvalue weighted by molar-refractivity contribution is 0.0480. The van der Waals surface area contributed by atoms with E-state index in [0.29, 0.717) is 11.6 Å². The summed E-state index contributed by atoms with van der Waals surface area (Å²) in [4.78, 5) is 2.72. The summed E-state index contributed by atoms with van der Waals surface area (Å²) in [7, 11) is 0. The molecule has 1 saturated heterocycles. The summed E-state index contributed by atoms with van der Waals surface area (Å²) in [5.74, 6) is 0. The highest BCUT2D eigenvalue weighted by atomic mass is 15.3. The monoisotopic (exact) mass is 274 g/mol. The molecule has 1 fully saturated rings. The molecular weight excluding hydrogens is 244 g/mol. The minimum atomic E-state index is 0.318. The zero-order chi connectivity index (χ0) is 14.4. The van der Waals surface area contributed by atoms with Gasteiger partial charge in [-0.05, 0) is 31.7 Å². The van der Waals surface area contributed by atoms with Crippen LogP contribution in [0.15, 0.2) is 30.3 Å². The molecule has 0 aromatic heterocycles. The molecule has 0 saturated carbocycles. The van der Waals surface area contributed by atoms with Crippen molar-refractivity contribution in [1.29, 1.82) is 0 Å². The molecule has 2 atom stereocenters. The van der Waals surface area contributed by atoms with E-state index >= 15 is 0 Å². The van der Waals surface area contributed by atoms with Gasteiger partial charge < -0.3 is 5.32 Å². The van der Waals surface area contributed by atoms with Crippen molar-refractivity contribution in [2.24, 2.45) is 0 Å². The highest BCUT2D eigenvalue weighted by molar-refractivity contribution is 5.15. The predicted molar refractivity (Wildman–Crippen MR) is 87.1 cm³/mol. The van der Waals surface area contributed by atoms with Gasteiger partial charge in [0.25, 0.3) is 0 Å². The fraction of sp³-hybridized carbons (Fsp3) is 0.667. The number of nitrogens with zero attached hydrogens (tertiary/aromatic N) is 1. The van der Waals surface area contributed by atoms with Crippen LogP contribution in [0.3, 0.4) is 0 Å². The van der Waals surface area contributed by atoms with Crippen LogP contribution in [0, 0.1) is 0 Å². The van der Waals surface area contributed by atoms with Crippen molar-refractivity contribution in [3.05, 3.63) is 35.9 Å². The number of benzene rings is 1. The molecule has 0 radical (unpaired) electrons. The molecule has 20 heavy (non-hydrogen) atoms. The van der Waals surface area contributed by atoms with Gasteiger partial charge in [0.15, 0.2) is 0 Å². The van der Waals surface area contributed by atoms with Gasteiger partial charge in [-0.15, -0.1) is 0 Å². The van der Waals surface area contributed by atoms with Gasteiger partial charge in [0, 0.05) is 31.2 Å². The van der Waals surface area contributed by atoms with Crippen LogP contribution in [0.2, 0.25) is 0 Å². The molecule has 0 amide bonds. The number of rotatable bonds is 6. The molecule has 0 aliphatic carbocycles. The van der Waals surface area contributed by atoms with Gasteiger partial charge >= 0.3 is 0 Å². The molecule has 1 aliphatic rings. The van der Waals surface area contributed by atoms with Crippen LogP contribution in [-0.4, -0.2) is 36.1 Å². The van der Waals surface area contributed by atoms with E-state index in [1.54, 1.807) is 0 Å². The number of hydrogen-bond acceptors (Lipinski definition) is 2. The summed E-state index contributed by atoms with van der Waals surface area (Å²) >= 11 is 0. The number of piperazine rings is 1. The van der Waals surface area contributed by atoms with E-state index in [1.807, 2.05) is 0 Å². The Hall–Kier alpha value is -0.860. The summed E-state index contributed by atoms with van der Waals surface area (Å²) in [6, 6.07) is 11.6. The van der Waals surface area contributed by atoms with Crippen molar-refractivity contribution in [2.45, 2.75) is 58.0 Å². The topological polar surface area (TPSA) is 15.3 Å². The highest BCUT2D eigenvalue weighted by Crippen LogP contribution is 2.24. The maximum absolute atomic E-state index is 3.75. The molecule has 112 valence electrons. The average molecular weight is 274 g/mol. The first kappa shape index (κ1) is 15.5. The van der Waals surface area contributed by atoms with Gasteiger partial charge in [-0.2, -0.15) is 0 Å². The first-order valence-corrected chi connectivity index (χ1v) is 8.20. The summed E-state index contributed by atoms with van der Waals surface area (Å²) in [6.07, 6.45) is 4.94. The minimum Gasteiger partial charge on any atom is -0.311 e. The third-order valence-corrected chi connectivity index (χ3v) is 4.89. The molecule has 2 heteroatoms. The van der Waals surface area contributed by atoms with E-state index in [2.05, 4.69) is 61.3 Å². The molecule has 2 unspecified atom stereocenters. The molecule has 1 aromatic carbocycles. The van der Waals surface area contributed by atoms with E-state index in [0.717, 1.165) is 13.0 Å². The quantitative estimate of drug-likeness (QED) is 0.854. The van der Waals surface area contributed by atoms with Gasteiger partial charge in [-0.25, -0.2) is 0 Å². The summed E-state index contributed by atoms with van der Waals surface area (Å²) in [5.41, 5.74) is 1.77. The Kier molecular flexibility index (Phi) is 5.62. The van der Waals surface area contributed by atoms with E-state index in [-0.39, 0.29) is 0 Å². The Balaban J connectivity index is 1.97. The van der Waals surface area contributed by atoms with Gasteiger partial charge in [0.05, 0.1) is 0 Å². The zero-order valence-electron chi connectivity index (χ0n) is 13.4. The largest absolute Gasteiger partial charge is 0.311 e. The van der Waals surface area contributed by atoms with Crippen molar-refractivity contribution in [3.63, 3.8) is 0 Å². The summed E-state index contributed by atoms with van der Waals surface area (Å²) < 4.78 is 0. The van der Waals surface area contributed by atoms with Gasteiger partial charge in [0.1, 0.15) is 0 Å². The van der Waals surface area contributed by atoms with Crippen molar-refractivity contribution in [3.8, 4) is 0 Å². The predicted octanol–water partition coefficient (Wildman–Crippen LogP) is 3.47. The van der Waals surface area contributed by atoms with Crippen LogP contribution in [0.25, 0.3) is 0 Å². The standard InChI is InChI=1S/C18H30N2/c1-4-9-17-14-20(18(3,5-2)15-19-17)13-12-16-10-7-6-8-11-16/h6-8,10-11,17,19H,4-5,9,12-15H2,1-3H3. The molecular formula is C18H30N2. The van der Waals surface area contributed by atoms with Crippen LogP contribution < -0.4 is 5.32 Å².